The van der Waals surface area contributed by atoms with E-state index < -0.39 is 0 Å². The van der Waals surface area contributed by atoms with Gasteiger partial charge in [0, 0.05) is 18.2 Å². The zero-order valence-corrected chi connectivity index (χ0v) is 11.4. The van der Waals surface area contributed by atoms with Gasteiger partial charge in [0.25, 0.3) is 0 Å². The van der Waals surface area contributed by atoms with Crippen molar-refractivity contribution in [1.29, 1.82) is 0 Å². The zero-order chi connectivity index (χ0) is 12.1. The van der Waals surface area contributed by atoms with Crippen molar-refractivity contribution in [3.8, 4) is 0 Å². The van der Waals surface area contributed by atoms with Gasteiger partial charge in [-0.25, -0.2) is 5.43 Å². The fourth-order valence-electron chi connectivity index (χ4n) is 1.33. The Bertz CT molecular complexity index is 298. The van der Waals surface area contributed by atoms with Crippen molar-refractivity contribution in [3.63, 3.8) is 0 Å². The largest absolute Gasteiger partial charge is 0.281 e. The Hall–Kier alpha value is -0.720. The van der Waals surface area contributed by atoms with Crippen molar-refractivity contribution in [3.05, 3.63) is 10.6 Å². The molecular formula is C10H21N5S. The van der Waals surface area contributed by atoms with Crippen molar-refractivity contribution in [2.75, 3.05) is 12.8 Å². The van der Waals surface area contributed by atoms with Crippen LogP contribution < -0.4 is 16.3 Å². The van der Waals surface area contributed by atoms with Crippen LogP contribution in [0.2, 0.25) is 0 Å². The molecule has 0 aliphatic carbocycles. The van der Waals surface area contributed by atoms with E-state index in [1.165, 1.54) is 0 Å². The third kappa shape index (κ3) is 3.40. The average Bonchev–Trinajstić information content (AvgIpc) is 2.22. The molecule has 0 atom stereocenters. The van der Waals surface area contributed by atoms with Gasteiger partial charge in [0.1, 0.15) is 5.84 Å². The molecule has 0 aromatic rings. The van der Waals surface area contributed by atoms with E-state index in [4.69, 9.17) is 0 Å². The molecule has 0 saturated heterocycles. The number of aliphatic imine (C=N–C) groups is 1. The first-order chi connectivity index (χ1) is 7.58. The first kappa shape index (κ1) is 13.3. The van der Waals surface area contributed by atoms with Crippen LogP contribution in [0.1, 0.15) is 27.7 Å². The van der Waals surface area contributed by atoms with Crippen molar-refractivity contribution in [1.82, 2.24) is 21.5 Å². The van der Waals surface area contributed by atoms with Gasteiger partial charge in [-0.3, -0.25) is 15.8 Å². The Balaban J connectivity index is 2.90. The quantitative estimate of drug-likeness (QED) is 0.693. The van der Waals surface area contributed by atoms with Gasteiger partial charge in [0.2, 0.25) is 0 Å². The second-order valence-electron chi connectivity index (χ2n) is 3.80. The number of hydrazine groups is 3. The van der Waals surface area contributed by atoms with E-state index in [1.54, 1.807) is 17.0 Å². The molecule has 0 saturated carbocycles. The molecule has 0 radical (unpaired) electrons. The molecule has 0 aromatic heterocycles. The Morgan fingerprint density at radius 2 is 2.12 bits per heavy atom. The summed E-state index contributed by atoms with van der Waals surface area (Å²) in [6.07, 6.45) is 2.05. The van der Waals surface area contributed by atoms with Crippen LogP contribution >= 0.6 is 11.8 Å². The Kier molecular flexibility index (Phi) is 5.11. The van der Waals surface area contributed by atoms with Gasteiger partial charge in [-0.1, -0.05) is 12.2 Å². The molecule has 1 aliphatic heterocycles. The summed E-state index contributed by atoms with van der Waals surface area (Å²) in [6.45, 7) is 9.10. The number of nitrogens with one attached hydrogen (secondary N) is 3. The summed E-state index contributed by atoms with van der Waals surface area (Å²) in [6, 6.07) is 0.280. The van der Waals surface area contributed by atoms with Gasteiger partial charge in [-0.05, 0) is 27.0 Å². The van der Waals surface area contributed by atoms with Crippen LogP contribution in [-0.2, 0) is 0 Å². The minimum Gasteiger partial charge on any atom is -0.281 e. The summed E-state index contributed by atoms with van der Waals surface area (Å²) in [4.78, 5) is 4.56. The van der Waals surface area contributed by atoms with E-state index in [1.807, 2.05) is 13.2 Å². The second-order valence-corrected chi connectivity index (χ2v) is 4.62. The van der Waals surface area contributed by atoms with Crippen LogP contribution in [0.3, 0.4) is 0 Å². The van der Waals surface area contributed by atoms with Gasteiger partial charge >= 0.3 is 0 Å². The Morgan fingerprint density at radius 1 is 1.44 bits per heavy atom. The summed E-state index contributed by atoms with van der Waals surface area (Å²) < 4.78 is 0. The summed E-state index contributed by atoms with van der Waals surface area (Å²) >= 11 is 1.68. The monoisotopic (exact) mass is 243 g/mol. The maximum atomic E-state index is 4.56. The topological polar surface area (TPSA) is 51.7 Å². The van der Waals surface area contributed by atoms with Crippen LogP contribution in [0.5, 0.6) is 0 Å². The minimum atomic E-state index is 0.280. The summed E-state index contributed by atoms with van der Waals surface area (Å²) in [5, 5.41) is 2.86. The van der Waals surface area contributed by atoms with Gasteiger partial charge in [0.05, 0.1) is 5.03 Å². The number of nitrogens with zero attached hydrogens (tertiary/aromatic N) is 2. The fraction of sp³-hybridized carbons (Fsp3) is 0.700. The number of hydrogen-bond acceptors (Lipinski definition) is 5. The Morgan fingerprint density at radius 3 is 2.62 bits per heavy atom. The lowest BCUT2D eigenvalue weighted by molar-refractivity contribution is 0.0999. The normalized spacial score (nSPS) is 20.2. The highest BCUT2D eigenvalue weighted by molar-refractivity contribution is 8.02. The third-order valence-corrected chi connectivity index (χ3v) is 2.84. The highest BCUT2D eigenvalue weighted by Gasteiger charge is 2.19. The SMILES string of the molecule is CCNN1NC(=NC(C)C)C(C)=C(SC)N1. The molecule has 0 unspecified atom stereocenters. The van der Waals surface area contributed by atoms with Gasteiger partial charge in [-0.2, -0.15) is 0 Å². The van der Waals surface area contributed by atoms with Crippen molar-refractivity contribution in [2.45, 2.75) is 33.7 Å². The number of thioether (sulfide) groups is 1. The third-order valence-electron chi connectivity index (χ3n) is 2.03. The molecule has 1 rings (SSSR count). The van der Waals surface area contributed by atoms with Crippen molar-refractivity contribution >= 4 is 17.6 Å². The highest BCUT2D eigenvalue weighted by atomic mass is 32.2. The second kappa shape index (κ2) is 6.12. The van der Waals surface area contributed by atoms with Crippen LogP contribution in [0.15, 0.2) is 15.6 Å². The van der Waals surface area contributed by atoms with E-state index in [2.05, 4.69) is 42.0 Å². The van der Waals surface area contributed by atoms with Gasteiger partial charge in [0.15, 0.2) is 0 Å². The lowest BCUT2D eigenvalue weighted by Crippen LogP contribution is -2.60. The molecule has 6 heteroatoms. The molecule has 1 aliphatic rings. The Labute approximate surface area is 102 Å². The molecular weight excluding hydrogens is 222 g/mol. The van der Waals surface area contributed by atoms with Crippen LogP contribution in [0.25, 0.3) is 0 Å². The van der Waals surface area contributed by atoms with Gasteiger partial charge < -0.3 is 0 Å². The minimum absolute atomic E-state index is 0.280. The van der Waals surface area contributed by atoms with E-state index in [0.717, 1.165) is 23.0 Å². The first-order valence-corrected chi connectivity index (χ1v) is 6.71. The predicted molar refractivity (Wildman–Crippen MR) is 70.6 cm³/mol. The first-order valence-electron chi connectivity index (χ1n) is 5.48. The fourth-order valence-corrected chi connectivity index (χ4v) is 1.92. The zero-order valence-electron chi connectivity index (χ0n) is 10.6. The maximum absolute atomic E-state index is 4.56. The molecule has 0 bridgehead atoms. The lowest BCUT2D eigenvalue weighted by atomic mass is 10.3. The van der Waals surface area contributed by atoms with Crippen LogP contribution in [-0.4, -0.2) is 29.9 Å². The summed E-state index contributed by atoms with van der Waals surface area (Å²) in [5.74, 6) is 0.916. The maximum Gasteiger partial charge on any atom is 0.143 e. The molecule has 0 spiro atoms. The molecule has 5 nitrogen and oxygen atoms in total. The molecule has 92 valence electrons. The molecule has 0 amide bonds. The predicted octanol–water partition coefficient (Wildman–Crippen LogP) is 1.24. The molecule has 0 fully saturated rings. The smallest absolute Gasteiger partial charge is 0.143 e. The van der Waals surface area contributed by atoms with E-state index in [9.17, 15) is 0 Å². The van der Waals surface area contributed by atoms with E-state index >= 15 is 0 Å². The van der Waals surface area contributed by atoms with Crippen LogP contribution in [0, 0.1) is 0 Å². The number of rotatable bonds is 4. The molecule has 1 heterocycles. The highest BCUT2D eigenvalue weighted by Crippen LogP contribution is 2.17. The summed E-state index contributed by atoms with van der Waals surface area (Å²) in [5.41, 5.74) is 10.7. The van der Waals surface area contributed by atoms with E-state index in [0.29, 0.717) is 0 Å². The number of hydrogen-bond donors (Lipinski definition) is 3. The standard InChI is InChI=1S/C10H21N5S/c1-6-11-15-13-9(12-7(2)3)8(4)10(14-15)16-5/h7,11,14H,6H2,1-5H3,(H,12,13). The average molecular weight is 243 g/mol. The lowest BCUT2D eigenvalue weighted by Gasteiger charge is -2.32. The van der Waals surface area contributed by atoms with Crippen molar-refractivity contribution < 1.29 is 0 Å². The van der Waals surface area contributed by atoms with Crippen LogP contribution in [0.4, 0.5) is 0 Å². The van der Waals surface area contributed by atoms with Gasteiger partial charge in [-0.15, -0.1) is 11.8 Å². The molecule has 0 aromatic carbocycles. The molecule has 16 heavy (non-hydrogen) atoms. The number of amidine groups is 1. The molecule has 3 N–H and O–H groups in total. The van der Waals surface area contributed by atoms with E-state index in [-0.39, 0.29) is 6.04 Å². The van der Waals surface area contributed by atoms with Crippen molar-refractivity contribution in [2.24, 2.45) is 4.99 Å². The summed E-state index contributed by atoms with van der Waals surface area (Å²) in [7, 11) is 0.